The van der Waals surface area contributed by atoms with Gasteiger partial charge >= 0.3 is 0 Å². The summed E-state index contributed by atoms with van der Waals surface area (Å²) in [5, 5.41) is 9.10. The van der Waals surface area contributed by atoms with Crippen LogP contribution in [0.4, 0.5) is 5.82 Å². The van der Waals surface area contributed by atoms with Crippen LogP contribution in [0.2, 0.25) is 0 Å². The van der Waals surface area contributed by atoms with Gasteiger partial charge in [-0.05, 0) is 36.5 Å². The van der Waals surface area contributed by atoms with Gasteiger partial charge in [-0.15, -0.1) is 10.2 Å². The van der Waals surface area contributed by atoms with Gasteiger partial charge < -0.3 is 9.80 Å². The molecule has 0 N–H and O–H groups in total. The number of aromatic nitrogens is 2. The highest BCUT2D eigenvalue weighted by Crippen LogP contribution is 2.28. The summed E-state index contributed by atoms with van der Waals surface area (Å²) in [7, 11) is 0. The lowest BCUT2D eigenvalue weighted by atomic mass is 9.91. The maximum absolute atomic E-state index is 12.9. The predicted molar refractivity (Wildman–Crippen MR) is 136 cm³/mol. The lowest BCUT2D eigenvalue weighted by molar-refractivity contribution is -0.134. The zero-order valence-electron chi connectivity index (χ0n) is 20.7. The van der Waals surface area contributed by atoms with Gasteiger partial charge in [0.25, 0.3) is 0 Å². The Balaban J connectivity index is 1.10. The van der Waals surface area contributed by atoms with E-state index < -0.39 is 0 Å². The van der Waals surface area contributed by atoms with Gasteiger partial charge in [0, 0.05) is 64.0 Å². The Morgan fingerprint density at radius 2 is 1.65 bits per heavy atom. The fourth-order valence-electron chi connectivity index (χ4n) is 5.39. The molecule has 3 heterocycles. The molecule has 0 atom stereocenters. The first kappa shape index (κ1) is 23.2. The fraction of sp³-hybridized carbons (Fsp3) is 0.593. The predicted octanol–water partition coefficient (Wildman–Crippen LogP) is 3.09. The first-order valence-corrected chi connectivity index (χ1v) is 13.0. The SMILES string of the molecule is CC(C)c1ccccc1-c1ccc(N2CCN(CC(=O)N3CCN(C4CCC4)CC3)CC2)nn1. The van der Waals surface area contributed by atoms with Crippen LogP contribution in [0.1, 0.15) is 44.6 Å². The molecular weight excluding hydrogens is 424 g/mol. The van der Waals surface area contributed by atoms with E-state index in [0.29, 0.717) is 12.5 Å². The number of hydrogen-bond acceptors (Lipinski definition) is 6. The third-order valence-corrected chi connectivity index (χ3v) is 7.82. The van der Waals surface area contributed by atoms with E-state index in [1.807, 2.05) is 0 Å². The number of piperazine rings is 2. The van der Waals surface area contributed by atoms with Gasteiger partial charge in [-0.3, -0.25) is 14.6 Å². The number of hydrogen-bond donors (Lipinski definition) is 0. The van der Waals surface area contributed by atoms with Crippen molar-refractivity contribution in [1.29, 1.82) is 0 Å². The molecule has 1 amide bonds. The van der Waals surface area contributed by atoms with Gasteiger partial charge in [0.1, 0.15) is 0 Å². The van der Waals surface area contributed by atoms with Gasteiger partial charge in [0.05, 0.1) is 12.2 Å². The molecule has 1 saturated carbocycles. The monoisotopic (exact) mass is 462 g/mol. The van der Waals surface area contributed by atoms with Crippen molar-refractivity contribution in [1.82, 2.24) is 24.9 Å². The largest absolute Gasteiger partial charge is 0.353 e. The van der Waals surface area contributed by atoms with Crippen LogP contribution in [-0.4, -0.2) is 95.7 Å². The summed E-state index contributed by atoms with van der Waals surface area (Å²) in [5.74, 6) is 1.65. The highest BCUT2D eigenvalue weighted by atomic mass is 16.2. The maximum Gasteiger partial charge on any atom is 0.236 e. The smallest absolute Gasteiger partial charge is 0.236 e. The molecule has 1 aromatic heterocycles. The van der Waals surface area contributed by atoms with Crippen molar-refractivity contribution in [2.24, 2.45) is 0 Å². The number of nitrogens with zero attached hydrogens (tertiary/aromatic N) is 6. The minimum absolute atomic E-state index is 0.287. The van der Waals surface area contributed by atoms with Crippen molar-refractivity contribution in [3.8, 4) is 11.3 Å². The molecule has 3 aliphatic rings. The van der Waals surface area contributed by atoms with E-state index in [9.17, 15) is 4.79 Å². The Labute approximate surface area is 203 Å². The van der Waals surface area contributed by atoms with Crippen molar-refractivity contribution in [2.75, 3.05) is 63.8 Å². The lowest BCUT2D eigenvalue weighted by Crippen LogP contribution is -2.56. The first-order valence-electron chi connectivity index (χ1n) is 13.0. The van der Waals surface area contributed by atoms with Crippen LogP contribution in [0, 0.1) is 0 Å². The summed E-state index contributed by atoms with van der Waals surface area (Å²) in [5.41, 5.74) is 3.38. The Morgan fingerprint density at radius 1 is 0.912 bits per heavy atom. The molecule has 7 nitrogen and oxygen atoms in total. The highest BCUT2D eigenvalue weighted by Gasteiger charge is 2.30. The van der Waals surface area contributed by atoms with Crippen LogP contribution >= 0.6 is 0 Å². The summed E-state index contributed by atoms with van der Waals surface area (Å²) < 4.78 is 0. The summed E-state index contributed by atoms with van der Waals surface area (Å²) in [6.45, 7) is 12.3. The lowest BCUT2D eigenvalue weighted by Gasteiger charge is -2.43. The fourth-order valence-corrected chi connectivity index (χ4v) is 5.39. The highest BCUT2D eigenvalue weighted by molar-refractivity contribution is 5.78. The van der Waals surface area contributed by atoms with Crippen LogP contribution < -0.4 is 4.90 Å². The van der Waals surface area contributed by atoms with Crippen LogP contribution in [-0.2, 0) is 4.79 Å². The second-order valence-electron chi connectivity index (χ2n) is 10.3. The topological polar surface area (TPSA) is 55.8 Å². The van der Waals surface area contributed by atoms with E-state index >= 15 is 0 Å². The zero-order valence-corrected chi connectivity index (χ0v) is 20.7. The van der Waals surface area contributed by atoms with Crippen molar-refractivity contribution >= 4 is 11.7 Å². The van der Waals surface area contributed by atoms with Crippen molar-refractivity contribution in [3.05, 3.63) is 42.0 Å². The molecule has 7 heteroatoms. The van der Waals surface area contributed by atoms with E-state index in [1.54, 1.807) is 0 Å². The average molecular weight is 463 g/mol. The van der Waals surface area contributed by atoms with Crippen molar-refractivity contribution < 1.29 is 4.79 Å². The Morgan fingerprint density at radius 3 is 2.26 bits per heavy atom. The van der Waals surface area contributed by atoms with Gasteiger partial charge in [0.15, 0.2) is 5.82 Å². The normalized spacial score (nSPS) is 20.6. The molecule has 182 valence electrons. The molecule has 2 aliphatic heterocycles. The molecule has 2 saturated heterocycles. The molecular formula is C27H38N6O. The second-order valence-corrected chi connectivity index (χ2v) is 10.3. The quantitative estimate of drug-likeness (QED) is 0.658. The van der Waals surface area contributed by atoms with Crippen molar-refractivity contribution in [2.45, 2.75) is 45.1 Å². The van der Waals surface area contributed by atoms with Gasteiger partial charge in [0.2, 0.25) is 5.91 Å². The number of carbonyl (C=O) groups excluding carboxylic acids is 1. The molecule has 0 bridgehead atoms. The summed E-state index contributed by atoms with van der Waals surface area (Å²) >= 11 is 0. The molecule has 3 fully saturated rings. The summed E-state index contributed by atoms with van der Waals surface area (Å²) in [4.78, 5) is 22.1. The second kappa shape index (κ2) is 10.4. The summed E-state index contributed by atoms with van der Waals surface area (Å²) in [6, 6.07) is 13.4. The minimum Gasteiger partial charge on any atom is -0.353 e. The van der Waals surface area contributed by atoms with E-state index in [1.165, 1.54) is 24.8 Å². The van der Waals surface area contributed by atoms with Crippen LogP contribution in [0.25, 0.3) is 11.3 Å². The number of carbonyl (C=O) groups is 1. The molecule has 34 heavy (non-hydrogen) atoms. The average Bonchev–Trinajstić information content (AvgIpc) is 2.84. The summed E-state index contributed by atoms with van der Waals surface area (Å²) in [6.07, 6.45) is 4.06. The maximum atomic E-state index is 12.9. The standard InChI is InChI=1S/C27H38N6O/c1-21(2)23-8-3-4-9-24(23)25-10-11-26(29-28-25)32-14-12-30(13-15-32)20-27(34)33-18-16-31(17-19-33)22-6-5-7-22/h3-4,8-11,21-22H,5-7,12-20H2,1-2H3. The van der Waals surface area contributed by atoms with E-state index in [-0.39, 0.29) is 5.91 Å². The van der Waals surface area contributed by atoms with Gasteiger partial charge in [-0.2, -0.15) is 0 Å². The number of benzene rings is 1. The van der Waals surface area contributed by atoms with Gasteiger partial charge in [-0.25, -0.2) is 0 Å². The van der Waals surface area contributed by atoms with Crippen LogP contribution in [0.15, 0.2) is 36.4 Å². The minimum atomic E-state index is 0.287. The number of anilines is 1. The number of rotatable bonds is 6. The van der Waals surface area contributed by atoms with Gasteiger partial charge in [-0.1, -0.05) is 44.5 Å². The zero-order chi connectivity index (χ0) is 23.5. The van der Waals surface area contributed by atoms with E-state index in [2.05, 4.69) is 80.0 Å². The molecule has 5 rings (SSSR count). The molecule has 0 unspecified atom stereocenters. The van der Waals surface area contributed by atoms with Crippen molar-refractivity contribution in [3.63, 3.8) is 0 Å². The van der Waals surface area contributed by atoms with Crippen LogP contribution in [0.3, 0.4) is 0 Å². The molecule has 1 aliphatic carbocycles. The Bertz CT molecular complexity index is 957. The van der Waals surface area contributed by atoms with Crippen LogP contribution in [0.5, 0.6) is 0 Å². The van der Waals surface area contributed by atoms with E-state index in [4.69, 9.17) is 0 Å². The third-order valence-electron chi connectivity index (χ3n) is 7.82. The Kier molecular flexibility index (Phi) is 7.11. The molecule has 2 aromatic rings. The van der Waals surface area contributed by atoms with E-state index in [0.717, 1.165) is 75.5 Å². The molecule has 0 spiro atoms. The first-order chi connectivity index (χ1) is 16.6. The Hall–Kier alpha value is -2.51. The molecule has 0 radical (unpaired) electrons. The molecule has 1 aromatic carbocycles. The third kappa shape index (κ3) is 5.10. The number of amides is 1.